The summed E-state index contributed by atoms with van der Waals surface area (Å²) >= 11 is 0. The molecule has 0 radical (unpaired) electrons. The van der Waals surface area contributed by atoms with Crippen LogP contribution in [0.25, 0.3) is 5.57 Å². The van der Waals surface area contributed by atoms with Crippen LogP contribution in [0.4, 0.5) is 4.79 Å². The van der Waals surface area contributed by atoms with Crippen LogP contribution < -0.4 is 10.2 Å². The number of carbonyl (C=O) groups is 1. The molecule has 2 bridgehead atoms. The molecule has 0 aliphatic carbocycles. The van der Waals surface area contributed by atoms with Gasteiger partial charge in [-0.1, -0.05) is 18.2 Å². The van der Waals surface area contributed by atoms with E-state index in [1.165, 1.54) is 17.7 Å². The molecular weight excluding hydrogens is 308 g/mol. The second-order valence-electron chi connectivity index (χ2n) is 7.19. The van der Waals surface area contributed by atoms with Gasteiger partial charge in [0.15, 0.2) is 5.75 Å². The van der Waals surface area contributed by atoms with E-state index in [4.69, 9.17) is 14.2 Å². The van der Waals surface area contributed by atoms with E-state index in [0.29, 0.717) is 0 Å². The lowest BCUT2D eigenvalue weighted by Crippen LogP contribution is -2.26. The van der Waals surface area contributed by atoms with Crippen molar-refractivity contribution < 1.29 is 19.0 Å². The normalized spacial score (nSPS) is 22.7. The van der Waals surface area contributed by atoms with E-state index in [0.717, 1.165) is 24.8 Å². The quantitative estimate of drug-likeness (QED) is 0.774. The smallest absolute Gasteiger partial charge is 0.428 e. The molecule has 2 unspecified atom stereocenters. The Morgan fingerprint density at radius 3 is 2.62 bits per heavy atom. The number of hydrogen-bond acceptors (Lipinski definition) is 5. The monoisotopic (exact) mass is 330 g/mol. The largest absolute Gasteiger partial charge is 0.514 e. The van der Waals surface area contributed by atoms with Gasteiger partial charge in [-0.25, -0.2) is 4.79 Å². The van der Waals surface area contributed by atoms with Gasteiger partial charge in [-0.2, -0.15) is 0 Å². The second kappa shape index (κ2) is 6.40. The van der Waals surface area contributed by atoms with Crippen LogP contribution in [-0.4, -0.2) is 24.0 Å². The van der Waals surface area contributed by atoms with Gasteiger partial charge in [-0.3, -0.25) is 4.79 Å². The predicted octanol–water partition coefficient (Wildman–Crippen LogP) is 3.70. The molecule has 0 aromatic heterocycles. The van der Waals surface area contributed by atoms with Crippen LogP contribution in [0.1, 0.15) is 45.6 Å². The lowest BCUT2D eigenvalue weighted by molar-refractivity contribution is 0.0204. The fourth-order valence-corrected chi connectivity index (χ4v) is 2.97. The minimum atomic E-state index is -0.879. The molecule has 128 valence electrons. The zero-order valence-corrected chi connectivity index (χ0v) is 14.2. The van der Waals surface area contributed by atoms with Crippen molar-refractivity contribution in [1.29, 1.82) is 0 Å². The molecule has 1 aromatic carbocycles. The first-order chi connectivity index (χ1) is 11.3. The third kappa shape index (κ3) is 4.03. The van der Waals surface area contributed by atoms with E-state index in [1.807, 2.05) is 0 Å². The zero-order valence-electron chi connectivity index (χ0n) is 14.2. The van der Waals surface area contributed by atoms with Gasteiger partial charge in [0.1, 0.15) is 5.60 Å². The van der Waals surface area contributed by atoms with Crippen LogP contribution in [0.5, 0.6) is 5.75 Å². The van der Waals surface area contributed by atoms with E-state index in [2.05, 4.69) is 6.08 Å². The maximum atomic E-state index is 12.1. The van der Waals surface area contributed by atoms with Crippen LogP contribution in [0, 0.1) is 0 Å². The highest BCUT2D eigenvalue weighted by atomic mass is 16.7. The zero-order chi connectivity index (χ0) is 17.3. The average molecular weight is 330 g/mol. The second-order valence-corrected chi connectivity index (χ2v) is 7.19. The van der Waals surface area contributed by atoms with Crippen molar-refractivity contribution >= 4 is 11.7 Å². The Hall–Kier alpha value is -2.14. The third-order valence-corrected chi connectivity index (χ3v) is 4.00. The summed E-state index contributed by atoms with van der Waals surface area (Å²) in [4.78, 5) is 23.9. The molecule has 2 aliphatic rings. The average Bonchev–Trinajstić information content (AvgIpc) is 2.70. The summed E-state index contributed by atoms with van der Waals surface area (Å²) in [5.41, 5.74) is 1.09. The van der Waals surface area contributed by atoms with Crippen LogP contribution in [0.15, 0.2) is 35.1 Å². The summed E-state index contributed by atoms with van der Waals surface area (Å²) in [7, 11) is 0. The van der Waals surface area contributed by atoms with Gasteiger partial charge in [0.25, 0.3) is 0 Å². The van der Waals surface area contributed by atoms with Gasteiger partial charge in [-0.15, -0.1) is 0 Å². The molecule has 0 amide bonds. The fraction of sp³-hybridized carbons (Fsp3) is 0.474. The van der Waals surface area contributed by atoms with Gasteiger partial charge in [0, 0.05) is 0 Å². The molecule has 3 rings (SSSR count). The Bertz CT molecular complexity index is 729. The van der Waals surface area contributed by atoms with E-state index in [1.54, 1.807) is 32.9 Å². The molecule has 0 spiro atoms. The Labute approximate surface area is 141 Å². The van der Waals surface area contributed by atoms with Gasteiger partial charge in [0.05, 0.1) is 12.2 Å². The van der Waals surface area contributed by atoms with Crippen LogP contribution in [-0.2, 0) is 9.47 Å². The Kier molecular flexibility index (Phi) is 4.45. The van der Waals surface area contributed by atoms with Gasteiger partial charge < -0.3 is 14.2 Å². The van der Waals surface area contributed by atoms with E-state index in [-0.39, 0.29) is 23.4 Å². The van der Waals surface area contributed by atoms with E-state index >= 15 is 0 Å². The Balaban J connectivity index is 1.80. The maximum absolute atomic E-state index is 12.1. The molecule has 1 fully saturated rings. The standard InChI is InChI=1S/C19H22O5/c1-19(2,3)24-18(21)23-17-9-5-12(4-8-16(17)20)13-10-14-6-7-15(11-13)22-14/h4-5,8-10,14-15H,6-7,11H2,1-3H3. The fourth-order valence-electron chi connectivity index (χ4n) is 2.97. The molecule has 2 atom stereocenters. The third-order valence-electron chi connectivity index (χ3n) is 4.00. The Morgan fingerprint density at radius 2 is 1.92 bits per heavy atom. The molecule has 1 aromatic rings. The highest BCUT2D eigenvalue weighted by Crippen LogP contribution is 2.35. The van der Waals surface area contributed by atoms with Gasteiger partial charge in [-0.05, 0) is 63.3 Å². The number of ether oxygens (including phenoxy) is 3. The molecule has 2 aliphatic heterocycles. The minimum Gasteiger partial charge on any atom is -0.428 e. The predicted molar refractivity (Wildman–Crippen MR) is 90.1 cm³/mol. The van der Waals surface area contributed by atoms with Crippen LogP contribution in [0.2, 0.25) is 0 Å². The summed E-state index contributed by atoms with van der Waals surface area (Å²) in [6.07, 6.45) is 4.65. The van der Waals surface area contributed by atoms with Gasteiger partial charge >= 0.3 is 6.16 Å². The molecule has 2 heterocycles. The Morgan fingerprint density at radius 1 is 1.17 bits per heavy atom. The summed E-state index contributed by atoms with van der Waals surface area (Å²) in [5.74, 6) is -0.0360. The summed E-state index contributed by atoms with van der Waals surface area (Å²) in [5, 5.41) is 0. The molecule has 0 saturated carbocycles. The van der Waals surface area contributed by atoms with Crippen LogP contribution >= 0.6 is 0 Å². The number of fused-ring (bicyclic) bond motifs is 2. The first-order valence-corrected chi connectivity index (χ1v) is 8.22. The van der Waals surface area contributed by atoms with Crippen molar-refractivity contribution in [2.75, 3.05) is 0 Å². The van der Waals surface area contributed by atoms with Crippen molar-refractivity contribution in [3.63, 3.8) is 0 Å². The summed E-state index contributed by atoms with van der Waals surface area (Å²) in [6.45, 7) is 5.21. The molecular formula is C19H22O5. The lowest BCUT2D eigenvalue weighted by Gasteiger charge is -2.20. The van der Waals surface area contributed by atoms with Crippen molar-refractivity contribution in [3.05, 3.63) is 46.1 Å². The first-order valence-electron chi connectivity index (χ1n) is 8.22. The van der Waals surface area contributed by atoms with Crippen molar-refractivity contribution in [1.82, 2.24) is 0 Å². The van der Waals surface area contributed by atoms with Crippen molar-refractivity contribution in [2.45, 2.75) is 57.8 Å². The summed E-state index contributed by atoms with van der Waals surface area (Å²) in [6, 6.07) is 6.52. The maximum Gasteiger partial charge on any atom is 0.514 e. The van der Waals surface area contributed by atoms with Gasteiger partial charge in [0.2, 0.25) is 5.43 Å². The number of hydrogen-bond donors (Lipinski definition) is 0. The minimum absolute atomic E-state index is 0.0360. The molecule has 5 nitrogen and oxygen atoms in total. The summed E-state index contributed by atoms with van der Waals surface area (Å²) < 4.78 is 15.9. The van der Waals surface area contributed by atoms with Crippen molar-refractivity contribution in [3.8, 4) is 5.75 Å². The SMILES string of the molecule is CC(C)(C)OC(=O)Oc1ccc(C2=CC3CCC(C2)O3)ccc1=O. The van der Waals surface area contributed by atoms with Crippen molar-refractivity contribution in [2.24, 2.45) is 0 Å². The number of carbonyl (C=O) groups excluding carboxylic acids is 1. The van der Waals surface area contributed by atoms with E-state index < -0.39 is 11.8 Å². The lowest BCUT2D eigenvalue weighted by atomic mass is 10.00. The molecule has 5 heteroatoms. The number of rotatable bonds is 2. The first kappa shape index (κ1) is 16.7. The molecule has 1 saturated heterocycles. The van der Waals surface area contributed by atoms with Crippen LogP contribution in [0.3, 0.4) is 0 Å². The van der Waals surface area contributed by atoms with E-state index in [9.17, 15) is 9.59 Å². The highest BCUT2D eigenvalue weighted by molar-refractivity contribution is 5.68. The molecule has 0 N–H and O–H groups in total. The molecule has 24 heavy (non-hydrogen) atoms. The highest BCUT2D eigenvalue weighted by Gasteiger charge is 2.29. The topological polar surface area (TPSA) is 61.8 Å².